The first kappa shape index (κ1) is 41.3. The van der Waals surface area contributed by atoms with E-state index in [1.54, 1.807) is 0 Å². The van der Waals surface area contributed by atoms with Gasteiger partial charge < -0.3 is 0 Å². The number of rotatable bonds is 15. The Bertz CT molecular complexity index is 2210. The van der Waals surface area contributed by atoms with Crippen molar-refractivity contribution in [2.75, 3.05) is 0 Å². The summed E-state index contributed by atoms with van der Waals surface area (Å²) >= 11 is 0. The highest BCUT2D eigenvalue weighted by Crippen LogP contribution is 2.40. The van der Waals surface area contributed by atoms with Gasteiger partial charge in [-0.05, 0) is 168 Å². The van der Waals surface area contributed by atoms with E-state index in [0.717, 1.165) is 37.0 Å². The zero-order chi connectivity index (χ0) is 40.6. The second-order valence-corrected chi connectivity index (χ2v) is 17.9. The average Bonchev–Trinajstić information content (AvgIpc) is 3.22. The highest BCUT2D eigenvalue weighted by atomic mass is 14.9. The largest absolute Gasteiger partial charge is 0.212 e. The molecule has 0 amide bonds. The lowest BCUT2D eigenvalue weighted by molar-refractivity contribution is -0.661. The Kier molecular flexibility index (Phi) is 13.7. The van der Waals surface area contributed by atoms with Gasteiger partial charge in [-0.2, -0.15) is 0 Å². The lowest BCUT2D eigenvalue weighted by Gasteiger charge is -2.35. The van der Waals surface area contributed by atoms with Gasteiger partial charge >= 0.3 is 0 Å². The topological polar surface area (TPSA) is 11.6 Å². The molecule has 0 saturated heterocycles. The second-order valence-electron chi connectivity index (χ2n) is 17.9. The Hall–Kier alpha value is -4.89. The molecule has 3 aromatic carbocycles. The standard InChI is InChI=1S/C55H68N3/c1-8-9-16-43-25-29-52(42(4)33-43)55-32-28-46(39-58(55)7)21-24-49-35-47(22-19-44-26-30-53(56(5)37-44)50-17-12-10-14-40(50)2)34-48(36-49)23-20-45-27-31-54(57(6)38-45)51-18-13-11-15-41(51)3/h10-15,17-18,25-33,37-39,47-49H,8-9,16,19-24,34-36H2,1-7H3/q+3/t47-,48+,49?. The van der Waals surface area contributed by atoms with E-state index in [-0.39, 0.29) is 0 Å². The third-order valence-corrected chi connectivity index (χ3v) is 13.3. The number of benzene rings is 3. The maximum Gasteiger partial charge on any atom is 0.212 e. The minimum absolute atomic E-state index is 0.769. The number of nitrogens with zero attached hydrogens (tertiary/aromatic N) is 3. The van der Waals surface area contributed by atoms with Gasteiger partial charge in [0, 0.05) is 51.6 Å². The molecule has 1 fully saturated rings. The lowest BCUT2D eigenvalue weighted by Crippen LogP contribution is -2.32. The van der Waals surface area contributed by atoms with Crippen LogP contribution in [-0.4, -0.2) is 0 Å². The van der Waals surface area contributed by atoms with Crippen molar-refractivity contribution in [1.82, 2.24) is 0 Å². The monoisotopic (exact) mass is 771 g/mol. The molecule has 1 unspecified atom stereocenters. The highest BCUT2D eigenvalue weighted by Gasteiger charge is 2.29. The van der Waals surface area contributed by atoms with E-state index in [2.05, 4.69) is 184 Å². The van der Waals surface area contributed by atoms with E-state index in [0.29, 0.717) is 0 Å². The summed E-state index contributed by atoms with van der Waals surface area (Å²) in [5.41, 5.74) is 17.7. The summed E-state index contributed by atoms with van der Waals surface area (Å²) in [5.74, 6) is 2.31. The Morgan fingerprint density at radius 1 is 0.431 bits per heavy atom. The van der Waals surface area contributed by atoms with Crippen LogP contribution < -0.4 is 13.7 Å². The van der Waals surface area contributed by atoms with Gasteiger partial charge in [-0.15, -0.1) is 0 Å². The SMILES string of the molecule is CCCCc1ccc(-c2ccc(CCC3C[C@@H](CCc4ccc(-c5ccccc5C)[n+](C)c4)C[C@@H](CCc4ccc(-c5ccccc5C)[n+](C)c4)C3)c[n+]2C)c(C)c1. The molecule has 7 rings (SSSR count). The molecule has 58 heavy (non-hydrogen) atoms. The Labute approximate surface area is 350 Å². The molecule has 300 valence electrons. The highest BCUT2D eigenvalue weighted by molar-refractivity contribution is 5.62. The first-order valence-corrected chi connectivity index (χ1v) is 22.3. The molecule has 0 aliphatic heterocycles. The van der Waals surface area contributed by atoms with Crippen molar-refractivity contribution in [1.29, 1.82) is 0 Å². The molecular formula is C55H68N3+3. The van der Waals surface area contributed by atoms with Crippen molar-refractivity contribution in [3.63, 3.8) is 0 Å². The molecule has 3 heterocycles. The number of aryl methyl sites for hydroxylation is 10. The average molecular weight is 771 g/mol. The van der Waals surface area contributed by atoms with E-state index < -0.39 is 0 Å². The van der Waals surface area contributed by atoms with E-state index in [1.807, 2.05) is 0 Å². The number of hydrogen-bond donors (Lipinski definition) is 0. The normalized spacial score (nSPS) is 16.8. The van der Waals surface area contributed by atoms with Gasteiger partial charge in [-0.25, -0.2) is 13.7 Å². The number of aromatic nitrogens is 3. The van der Waals surface area contributed by atoms with Crippen LogP contribution in [0, 0.1) is 38.5 Å². The van der Waals surface area contributed by atoms with Crippen molar-refractivity contribution in [2.45, 2.75) is 105 Å². The molecule has 1 aliphatic carbocycles. The fraction of sp³-hybridized carbons (Fsp3) is 0.400. The quantitative estimate of drug-likeness (QED) is 0.0922. The summed E-state index contributed by atoms with van der Waals surface area (Å²) in [7, 11) is 6.66. The molecule has 1 aliphatic rings. The van der Waals surface area contributed by atoms with Crippen LogP contribution in [0.5, 0.6) is 0 Å². The van der Waals surface area contributed by atoms with Crippen molar-refractivity contribution >= 4 is 0 Å². The van der Waals surface area contributed by atoms with Crippen LogP contribution in [0.1, 0.15) is 97.2 Å². The van der Waals surface area contributed by atoms with Crippen molar-refractivity contribution in [3.05, 3.63) is 161 Å². The van der Waals surface area contributed by atoms with Crippen LogP contribution in [0.2, 0.25) is 0 Å². The van der Waals surface area contributed by atoms with Crippen LogP contribution >= 0.6 is 0 Å². The number of unbranched alkanes of at least 4 members (excludes halogenated alkanes) is 1. The van der Waals surface area contributed by atoms with Gasteiger partial charge in [0.05, 0.1) is 0 Å². The number of pyridine rings is 3. The molecule has 3 aromatic heterocycles. The maximum absolute atomic E-state index is 2.40. The fourth-order valence-electron chi connectivity index (χ4n) is 10.1. The van der Waals surface area contributed by atoms with E-state index in [4.69, 9.17) is 0 Å². The first-order valence-electron chi connectivity index (χ1n) is 22.3. The smallest absolute Gasteiger partial charge is 0.201 e. The van der Waals surface area contributed by atoms with Gasteiger partial charge in [0.15, 0.2) is 18.6 Å². The molecule has 0 radical (unpaired) electrons. The van der Waals surface area contributed by atoms with Crippen molar-refractivity contribution in [2.24, 2.45) is 38.9 Å². The molecule has 3 heteroatoms. The lowest BCUT2D eigenvalue weighted by atomic mass is 9.70. The van der Waals surface area contributed by atoms with Crippen LogP contribution in [0.25, 0.3) is 33.8 Å². The van der Waals surface area contributed by atoms with Gasteiger partial charge in [-0.1, -0.05) is 61.9 Å². The van der Waals surface area contributed by atoms with E-state index in [1.165, 1.54) is 131 Å². The van der Waals surface area contributed by atoms with Crippen molar-refractivity contribution < 1.29 is 13.7 Å². The van der Waals surface area contributed by atoms with Crippen LogP contribution in [0.15, 0.2) is 122 Å². The maximum atomic E-state index is 2.40. The summed E-state index contributed by atoms with van der Waals surface area (Å²) in [4.78, 5) is 0. The third kappa shape index (κ3) is 10.2. The fourth-order valence-corrected chi connectivity index (χ4v) is 10.1. The molecule has 0 bridgehead atoms. The summed E-state index contributed by atoms with van der Waals surface area (Å²) in [6.07, 6.45) is 22.2. The third-order valence-electron chi connectivity index (χ3n) is 13.3. The van der Waals surface area contributed by atoms with Crippen molar-refractivity contribution in [3.8, 4) is 33.8 Å². The van der Waals surface area contributed by atoms with Gasteiger partial charge in [0.2, 0.25) is 17.1 Å². The summed E-state index contributed by atoms with van der Waals surface area (Å²) in [6.45, 7) is 8.97. The molecule has 6 aromatic rings. The van der Waals surface area contributed by atoms with E-state index >= 15 is 0 Å². The Balaban J connectivity index is 1.03. The number of hydrogen-bond acceptors (Lipinski definition) is 0. The zero-order valence-electron chi connectivity index (χ0n) is 36.6. The zero-order valence-corrected chi connectivity index (χ0v) is 36.6. The minimum Gasteiger partial charge on any atom is -0.201 e. The summed E-state index contributed by atoms with van der Waals surface area (Å²) in [6, 6.07) is 38.8. The molecule has 0 spiro atoms. The Morgan fingerprint density at radius 2 is 0.810 bits per heavy atom. The first-order chi connectivity index (χ1) is 28.1. The van der Waals surface area contributed by atoms with Gasteiger partial charge in [-0.3, -0.25) is 0 Å². The van der Waals surface area contributed by atoms with Crippen LogP contribution in [0.4, 0.5) is 0 Å². The van der Waals surface area contributed by atoms with Gasteiger partial charge in [0.1, 0.15) is 21.1 Å². The predicted molar refractivity (Wildman–Crippen MR) is 241 cm³/mol. The summed E-state index contributed by atoms with van der Waals surface area (Å²) < 4.78 is 7.04. The second kappa shape index (κ2) is 19.2. The van der Waals surface area contributed by atoms with Crippen LogP contribution in [0.3, 0.4) is 0 Å². The van der Waals surface area contributed by atoms with Gasteiger partial charge in [0.25, 0.3) is 0 Å². The minimum atomic E-state index is 0.769. The molecule has 3 nitrogen and oxygen atoms in total. The molecule has 3 atom stereocenters. The molecular weight excluding hydrogens is 703 g/mol. The summed E-state index contributed by atoms with van der Waals surface area (Å²) in [5, 5.41) is 0. The molecule has 1 saturated carbocycles. The Morgan fingerprint density at radius 3 is 1.17 bits per heavy atom. The van der Waals surface area contributed by atoms with E-state index in [9.17, 15) is 0 Å². The predicted octanol–water partition coefficient (Wildman–Crippen LogP) is 11.7. The van der Waals surface area contributed by atoms with Crippen LogP contribution in [-0.2, 0) is 46.8 Å². The molecule has 0 N–H and O–H groups in total.